The van der Waals surface area contributed by atoms with E-state index in [0.717, 1.165) is 6.42 Å². The summed E-state index contributed by atoms with van der Waals surface area (Å²) in [5.41, 5.74) is 2.89. The number of allylic oxidation sites excluding steroid dienone is 7. The molecule has 106 valence electrons. The second-order valence-electron chi connectivity index (χ2n) is 5.36. The topological polar surface area (TPSA) is 0 Å². The van der Waals surface area contributed by atoms with Crippen LogP contribution in [-0.4, -0.2) is 0 Å². The van der Waals surface area contributed by atoms with Crippen LogP contribution in [0.4, 0.5) is 0 Å². The first-order chi connectivity index (χ1) is 10.3. The van der Waals surface area contributed by atoms with E-state index in [1.807, 2.05) is 11.3 Å². The van der Waals surface area contributed by atoms with Crippen LogP contribution >= 0.6 is 11.3 Å². The van der Waals surface area contributed by atoms with Gasteiger partial charge in [-0.1, -0.05) is 60.2 Å². The predicted octanol–water partition coefficient (Wildman–Crippen LogP) is 6.31. The van der Waals surface area contributed by atoms with E-state index in [0.29, 0.717) is 0 Å². The Bertz CT molecular complexity index is 738. The number of aryl methyl sites for hydroxylation is 1. The highest BCUT2D eigenvalue weighted by atomic mass is 32.1. The lowest BCUT2D eigenvalue weighted by Crippen LogP contribution is -1.88. The molecule has 1 aromatic heterocycles. The molecule has 0 atom stereocenters. The molecule has 1 aromatic carbocycles. The van der Waals surface area contributed by atoms with E-state index in [1.165, 1.54) is 33.4 Å². The minimum atomic E-state index is 1.08. The van der Waals surface area contributed by atoms with Gasteiger partial charge in [0.2, 0.25) is 0 Å². The zero-order chi connectivity index (χ0) is 14.5. The van der Waals surface area contributed by atoms with Crippen molar-refractivity contribution in [3.8, 4) is 0 Å². The van der Waals surface area contributed by atoms with Gasteiger partial charge in [0.05, 0.1) is 0 Å². The van der Waals surface area contributed by atoms with Gasteiger partial charge in [-0.2, -0.15) is 0 Å². The molecular weight excluding hydrogens is 272 g/mol. The normalized spacial score (nSPS) is 16.0. The van der Waals surface area contributed by atoms with Crippen LogP contribution in [0, 0.1) is 0 Å². The fraction of sp³-hybridized carbons (Fsp3) is 0.200. The van der Waals surface area contributed by atoms with Crippen LogP contribution in [0.2, 0.25) is 0 Å². The highest BCUT2D eigenvalue weighted by Crippen LogP contribution is 2.35. The van der Waals surface area contributed by atoms with Crippen LogP contribution in [0.15, 0.2) is 66.3 Å². The summed E-state index contributed by atoms with van der Waals surface area (Å²) in [4.78, 5) is 1.47. The number of rotatable bonds is 0. The maximum absolute atomic E-state index is 2.28. The van der Waals surface area contributed by atoms with E-state index in [4.69, 9.17) is 0 Å². The quantitative estimate of drug-likeness (QED) is 0.533. The number of fused-ring (bicyclic) bond motifs is 3. The van der Waals surface area contributed by atoms with Crippen molar-refractivity contribution in [1.29, 1.82) is 0 Å². The van der Waals surface area contributed by atoms with E-state index >= 15 is 0 Å². The monoisotopic (exact) mass is 292 g/mol. The van der Waals surface area contributed by atoms with Crippen molar-refractivity contribution in [2.24, 2.45) is 0 Å². The Hall–Kier alpha value is -1.86. The molecule has 0 N–H and O–H groups in total. The number of hydrogen-bond donors (Lipinski definition) is 0. The number of hydrogen-bond acceptors (Lipinski definition) is 1. The van der Waals surface area contributed by atoms with Crippen LogP contribution in [0.3, 0.4) is 0 Å². The van der Waals surface area contributed by atoms with Gasteiger partial charge in [0.25, 0.3) is 0 Å². The van der Waals surface area contributed by atoms with Gasteiger partial charge in [-0.05, 0) is 49.3 Å². The van der Waals surface area contributed by atoms with Gasteiger partial charge in [0.15, 0.2) is 0 Å². The minimum Gasteiger partial charge on any atom is -0.136 e. The molecular formula is C20H20S. The summed E-state index contributed by atoms with van der Waals surface area (Å²) in [6.45, 7) is 2.10. The Morgan fingerprint density at radius 1 is 1.00 bits per heavy atom. The van der Waals surface area contributed by atoms with Crippen molar-refractivity contribution in [3.05, 3.63) is 76.7 Å². The van der Waals surface area contributed by atoms with E-state index < -0.39 is 0 Å². The van der Waals surface area contributed by atoms with Gasteiger partial charge < -0.3 is 0 Å². The van der Waals surface area contributed by atoms with E-state index in [9.17, 15) is 0 Å². The first-order valence-corrected chi connectivity index (χ1v) is 8.33. The average Bonchev–Trinajstić information content (AvgIpc) is 2.73. The molecule has 0 bridgehead atoms. The van der Waals surface area contributed by atoms with E-state index in [1.54, 1.807) is 5.56 Å². The second-order valence-corrected chi connectivity index (χ2v) is 6.44. The molecule has 0 saturated carbocycles. The van der Waals surface area contributed by atoms with Crippen LogP contribution < -0.4 is 0 Å². The Kier molecular flexibility index (Phi) is 4.52. The lowest BCUT2D eigenvalue weighted by Gasteiger charge is -2.03. The van der Waals surface area contributed by atoms with Crippen molar-refractivity contribution < 1.29 is 0 Å². The molecule has 0 radical (unpaired) electrons. The summed E-state index contributed by atoms with van der Waals surface area (Å²) >= 11 is 1.91. The Morgan fingerprint density at radius 2 is 1.90 bits per heavy atom. The molecule has 1 heterocycles. The highest BCUT2D eigenvalue weighted by molar-refractivity contribution is 7.20. The third-order valence-corrected chi connectivity index (χ3v) is 4.89. The number of thiophene rings is 1. The van der Waals surface area contributed by atoms with Gasteiger partial charge >= 0.3 is 0 Å². The van der Waals surface area contributed by atoms with E-state index in [-0.39, 0.29) is 0 Å². The van der Waals surface area contributed by atoms with Gasteiger partial charge in [0, 0.05) is 9.58 Å². The number of benzene rings is 1. The first kappa shape index (κ1) is 14.1. The molecule has 2 aliphatic carbocycles. The first-order valence-electron chi connectivity index (χ1n) is 7.51. The summed E-state index contributed by atoms with van der Waals surface area (Å²) < 4.78 is 1.43. The zero-order valence-electron chi connectivity index (χ0n) is 12.4. The van der Waals surface area contributed by atoms with Crippen molar-refractivity contribution >= 4 is 27.5 Å². The van der Waals surface area contributed by atoms with Crippen molar-refractivity contribution in [3.63, 3.8) is 0 Å². The molecule has 0 fully saturated rings. The fourth-order valence-electron chi connectivity index (χ4n) is 2.61. The standard InChI is InChI=1S/C12H10S.C8H10/c1-3-7-11-9(5-1)10-6-2-4-8-12(10)13-11;1-8-6-4-2-3-5-7-8/h1,3-5,7-8H,2,6H2;2,4-7H,3H2,1H3. The van der Waals surface area contributed by atoms with Crippen LogP contribution in [-0.2, 0) is 6.42 Å². The second kappa shape index (κ2) is 6.73. The van der Waals surface area contributed by atoms with Crippen molar-refractivity contribution in [2.75, 3.05) is 0 Å². The molecule has 0 aliphatic heterocycles. The molecule has 0 nitrogen and oxygen atoms in total. The lowest BCUT2D eigenvalue weighted by molar-refractivity contribution is 1.01. The Labute approximate surface area is 130 Å². The fourth-order valence-corrected chi connectivity index (χ4v) is 3.80. The van der Waals surface area contributed by atoms with Crippen LogP contribution in [0.1, 0.15) is 30.2 Å². The predicted molar refractivity (Wildman–Crippen MR) is 95.8 cm³/mol. The van der Waals surface area contributed by atoms with Gasteiger partial charge in [0.1, 0.15) is 0 Å². The van der Waals surface area contributed by atoms with Gasteiger partial charge in [-0.25, -0.2) is 0 Å². The summed E-state index contributed by atoms with van der Waals surface area (Å²) in [5, 5.41) is 1.46. The van der Waals surface area contributed by atoms with Gasteiger partial charge in [-0.3, -0.25) is 0 Å². The van der Waals surface area contributed by atoms with Crippen LogP contribution in [0.25, 0.3) is 16.2 Å². The molecule has 2 aromatic rings. The maximum Gasteiger partial charge on any atom is 0.0352 e. The highest BCUT2D eigenvalue weighted by Gasteiger charge is 2.11. The molecule has 4 rings (SSSR count). The third kappa shape index (κ3) is 3.43. The van der Waals surface area contributed by atoms with Gasteiger partial charge in [-0.15, -0.1) is 11.3 Å². The summed E-state index contributed by atoms with van der Waals surface area (Å²) in [6.07, 6.45) is 18.7. The molecule has 0 amide bonds. The Morgan fingerprint density at radius 3 is 2.86 bits per heavy atom. The average molecular weight is 292 g/mol. The minimum absolute atomic E-state index is 1.08. The zero-order valence-corrected chi connectivity index (χ0v) is 13.2. The molecule has 1 heteroatoms. The SMILES string of the molecule is C1=Cc2sc3ccccc3c2CC1.CC1=CC=CCC=C1. The summed E-state index contributed by atoms with van der Waals surface area (Å²) in [6, 6.07) is 8.71. The maximum atomic E-state index is 2.28. The van der Waals surface area contributed by atoms with Crippen LogP contribution in [0.5, 0.6) is 0 Å². The summed E-state index contributed by atoms with van der Waals surface area (Å²) in [5.74, 6) is 0. The van der Waals surface area contributed by atoms with Crippen molar-refractivity contribution in [2.45, 2.75) is 26.2 Å². The molecule has 21 heavy (non-hydrogen) atoms. The lowest BCUT2D eigenvalue weighted by atomic mass is 10.0. The largest absolute Gasteiger partial charge is 0.136 e. The Balaban J connectivity index is 0.000000143. The smallest absolute Gasteiger partial charge is 0.0352 e. The summed E-state index contributed by atoms with van der Waals surface area (Å²) in [7, 11) is 0. The molecule has 2 aliphatic rings. The molecule has 0 saturated heterocycles. The molecule has 0 unspecified atom stereocenters. The van der Waals surface area contributed by atoms with E-state index in [2.05, 4.69) is 73.7 Å². The molecule has 0 spiro atoms. The van der Waals surface area contributed by atoms with Crippen molar-refractivity contribution in [1.82, 2.24) is 0 Å². The third-order valence-electron chi connectivity index (χ3n) is 3.71.